The van der Waals surface area contributed by atoms with Crippen LogP contribution in [0.2, 0.25) is 0 Å². The van der Waals surface area contributed by atoms with Gasteiger partial charge in [0.15, 0.2) is 0 Å². The average Bonchev–Trinajstić information content (AvgIpc) is 2.53. The molecule has 0 fully saturated rings. The zero-order valence-corrected chi connectivity index (χ0v) is 11.9. The molecule has 0 saturated heterocycles. The summed E-state index contributed by atoms with van der Waals surface area (Å²) in [7, 11) is 0. The SMILES string of the molecule is C=CCNc1ncc(C(=O)Nc2ccc(C(F)(F)F)cc2)cn1. The van der Waals surface area contributed by atoms with E-state index in [4.69, 9.17) is 0 Å². The molecule has 8 heteroatoms. The van der Waals surface area contributed by atoms with Crippen LogP contribution in [0.15, 0.2) is 49.3 Å². The molecule has 0 bridgehead atoms. The Hall–Kier alpha value is -2.90. The fraction of sp³-hybridized carbons (Fsp3) is 0.133. The van der Waals surface area contributed by atoms with Gasteiger partial charge in [0.2, 0.25) is 5.95 Å². The van der Waals surface area contributed by atoms with Gasteiger partial charge in [0.05, 0.1) is 11.1 Å². The van der Waals surface area contributed by atoms with Crippen LogP contribution in [-0.2, 0) is 6.18 Å². The first-order valence-electron chi connectivity index (χ1n) is 6.55. The summed E-state index contributed by atoms with van der Waals surface area (Å²) in [5.41, 5.74) is -0.345. The third-order valence-electron chi connectivity index (χ3n) is 2.79. The van der Waals surface area contributed by atoms with E-state index in [1.807, 2.05) is 0 Å². The number of amides is 1. The number of hydrogen-bond donors (Lipinski definition) is 2. The van der Waals surface area contributed by atoms with Crippen molar-refractivity contribution in [2.75, 3.05) is 17.2 Å². The van der Waals surface area contributed by atoms with Crippen molar-refractivity contribution >= 4 is 17.5 Å². The monoisotopic (exact) mass is 322 g/mol. The fourth-order valence-electron chi connectivity index (χ4n) is 1.65. The van der Waals surface area contributed by atoms with Gasteiger partial charge in [0.25, 0.3) is 5.91 Å². The Balaban J connectivity index is 2.02. The second kappa shape index (κ2) is 6.91. The lowest BCUT2D eigenvalue weighted by atomic mass is 10.2. The van der Waals surface area contributed by atoms with Crippen molar-refractivity contribution < 1.29 is 18.0 Å². The molecule has 0 saturated carbocycles. The maximum atomic E-state index is 12.5. The summed E-state index contributed by atoms with van der Waals surface area (Å²) in [4.78, 5) is 19.9. The number of hydrogen-bond acceptors (Lipinski definition) is 4. The van der Waals surface area contributed by atoms with E-state index in [9.17, 15) is 18.0 Å². The summed E-state index contributed by atoms with van der Waals surface area (Å²) in [6.45, 7) is 4.02. The van der Waals surface area contributed by atoms with E-state index in [-0.39, 0.29) is 11.3 Å². The topological polar surface area (TPSA) is 66.9 Å². The van der Waals surface area contributed by atoms with Gasteiger partial charge in [-0.05, 0) is 24.3 Å². The van der Waals surface area contributed by atoms with Crippen LogP contribution in [0, 0.1) is 0 Å². The molecule has 2 N–H and O–H groups in total. The van der Waals surface area contributed by atoms with E-state index in [0.717, 1.165) is 12.1 Å². The highest BCUT2D eigenvalue weighted by atomic mass is 19.4. The fourth-order valence-corrected chi connectivity index (χ4v) is 1.65. The molecule has 5 nitrogen and oxygen atoms in total. The Morgan fingerprint density at radius 2 is 1.78 bits per heavy atom. The summed E-state index contributed by atoms with van der Waals surface area (Å²) in [5.74, 6) is -0.170. The molecule has 0 spiro atoms. The van der Waals surface area contributed by atoms with Crippen LogP contribution in [0.4, 0.5) is 24.8 Å². The minimum atomic E-state index is -4.41. The summed E-state index contributed by atoms with van der Waals surface area (Å²) in [6, 6.07) is 4.16. The van der Waals surface area contributed by atoms with Gasteiger partial charge in [-0.15, -0.1) is 6.58 Å². The lowest BCUT2D eigenvalue weighted by molar-refractivity contribution is -0.137. The van der Waals surface area contributed by atoms with Crippen LogP contribution in [0.1, 0.15) is 15.9 Å². The number of rotatable bonds is 5. The van der Waals surface area contributed by atoms with Gasteiger partial charge >= 0.3 is 6.18 Å². The minimum absolute atomic E-state index is 0.189. The molecule has 120 valence electrons. The number of nitrogens with zero attached hydrogens (tertiary/aromatic N) is 2. The van der Waals surface area contributed by atoms with Crippen molar-refractivity contribution in [2.24, 2.45) is 0 Å². The van der Waals surface area contributed by atoms with Gasteiger partial charge in [0, 0.05) is 24.6 Å². The van der Waals surface area contributed by atoms with Gasteiger partial charge in [-0.2, -0.15) is 13.2 Å². The zero-order valence-electron chi connectivity index (χ0n) is 11.9. The first-order valence-corrected chi connectivity index (χ1v) is 6.55. The van der Waals surface area contributed by atoms with E-state index in [1.165, 1.54) is 24.5 Å². The second-order valence-electron chi connectivity index (χ2n) is 4.49. The van der Waals surface area contributed by atoms with Crippen molar-refractivity contribution in [3.8, 4) is 0 Å². The highest BCUT2D eigenvalue weighted by molar-refractivity contribution is 6.03. The van der Waals surface area contributed by atoms with Gasteiger partial charge in [-0.1, -0.05) is 6.08 Å². The van der Waals surface area contributed by atoms with Crippen LogP contribution >= 0.6 is 0 Å². The van der Waals surface area contributed by atoms with Gasteiger partial charge in [-0.3, -0.25) is 4.79 Å². The third-order valence-corrected chi connectivity index (χ3v) is 2.79. The number of halogens is 3. The van der Waals surface area contributed by atoms with E-state index in [2.05, 4.69) is 27.2 Å². The highest BCUT2D eigenvalue weighted by Crippen LogP contribution is 2.29. The summed E-state index contributed by atoms with van der Waals surface area (Å²) in [5, 5.41) is 5.33. The molecule has 1 amide bonds. The number of carbonyl (C=O) groups excluding carboxylic acids is 1. The number of anilines is 2. The summed E-state index contributed by atoms with van der Waals surface area (Å²) >= 11 is 0. The average molecular weight is 322 g/mol. The Bertz CT molecular complexity index is 681. The first kappa shape index (κ1) is 16.5. The van der Waals surface area contributed by atoms with Crippen LogP contribution in [0.3, 0.4) is 0 Å². The molecule has 0 aliphatic rings. The van der Waals surface area contributed by atoms with Crippen LogP contribution in [-0.4, -0.2) is 22.4 Å². The quantitative estimate of drug-likeness (QED) is 0.829. The standard InChI is InChI=1S/C15H13F3N4O/c1-2-7-19-14-20-8-10(9-21-14)13(23)22-12-5-3-11(4-6-12)15(16,17)18/h2-6,8-9H,1,7H2,(H,22,23)(H,19,20,21). The Labute approximate surface area is 130 Å². The highest BCUT2D eigenvalue weighted by Gasteiger charge is 2.29. The molecule has 0 radical (unpaired) electrons. The molecular formula is C15H13F3N4O. The maximum Gasteiger partial charge on any atom is 0.416 e. The molecule has 0 unspecified atom stereocenters. The molecular weight excluding hydrogens is 309 g/mol. The van der Waals surface area contributed by atoms with Gasteiger partial charge < -0.3 is 10.6 Å². The van der Waals surface area contributed by atoms with Crippen molar-refractivity contribution in [3.63, 3.8) is 0 Å². The predicted molar refractivity (Wildman–Crippen MR) is 80.1 cm³/mol. The maximum absolute atomic E-state index is 12.5. The van der Waals surface area contributed by atoms with Crippen molar-refractivity contribution in [3.05, 3.63) is 60.4 Å². The molecule has 0 aliphatic heterocycles. The van der Waals surface area contributed by atoms with Crippen molar-refractivity contribution in [1.82, 2.24) is 9.97 Å². The van der Waals surface area contributed by atoms with Crippen LogP contribution in [0.5, 0.6) is 0 Å². The molecule has 0 atom stereocenters. The lowest BCUT2D eigenvalue weighted by Gasteiger charge is -2.09. The predicted octanol–water partition coefficient (Wildman–Crippen LogP) is 3.35. The largest absolute Gasteiger partial charge is 0.416 e. The Morgan fingerprint density at radius 3 is 2.30 bits per heavy atom. The smallest absolute Gasteiger partial charge is 0.351 e. The van der Waals surface area contributed by atoms with Crippen LogP contribution < -0.4 is 10.6 Å². The molecule has 2 rings (SSSR count). The number of nitrogens with one attached hydrogen (secondary N) is 2. The molecule has 1 aromatic heterocycles. The lowest BCUT2D eigenvalue weighted by Crippen LogP contribution is -2.14. The first-order chi connectivity index (χ1) is 10.9. The second-order valence-corrected chi connectivity index (χ2v) is 4.49. The van der Waals surface area contributed by atoms with Crippen molar-refractivity contribution in [2.45, 2.75) is 6.18 Å². The molecule has 1 heterocycles. The number of alkyl halides is 3. The van der Waals surface area contributed by atoms with Crippen molar-refractivity contribution in [1.29, 1.82) is 0 Å². The number of carbonyl (C=O) groups is 1. The van der Waals surface area contributed by atoms with Gasteiger partial charge in [-0.25, -0.2) is 9.97 Å². The normalized spacial score (nSPS) is 10.9. The number of benzene rings is 1. The van der Waals surface area contributed by atoms with E-state index in [0.29, 0.717) is 12.5 Å². The third kappa shape index (κ3) is 4.53. The molecule has 2 aromatic rings. The molecule has 23 heavy (non-hydrogen) atoms. The van der Waals surface area contributed by atoms with E-state index in [1.54, 1.807) is 6.08 Å². The molecule has 1 aromatic carbocycles. The van der Waals surface area contributed by atoms with Gasteiger partial charge in [0.1, 0.15) is 0 Å². The summed E-state index contributed by atoms with van der Waals surface area (Å²) in [6.07, 6.45) is -0.144. The van der Waals surface area contributed by atoms with E-state index >= 15 is 0 Å². The number of aromatic nitrogens is 2. The minimum Gasteiger partial charge on any atom is -0.351 e. The van der Waals surface area contributed by atoms with E-state index < -0.39 is 17.6 Å². The Morgan fingerprint density at radius 1 is 1.17 bits per heavy atom. The zero-order chi connectivity index (χ0) is 16.9. The molecule has 0 aliphatic carbocycles. The Kier molecular flexibility index (Phi) is 4.95. The summed E-state index contributed by atoms with van der Waals surface area (Å²) < 4.78 is 37.4. The van der Waals surface area contributed by atoms with Crippen LogP contribution in [0.25, 0.3) is 0 Å².